The molecule has 2 aromatic rings. The molecule has 0 unspecified atom stereocenters. The zero-order chi connectivity index (χ0) is 11.5. The fourth-order valence-electron chi connectivity index (χ4n) is 1.24. The minimum atomic E-state index is 0.833. The zero-order valence-electron chi connectivity index (χ0n) is 8.28. The lowest BCUT2D eigenvalue weighted by molar-refractivity contribution is 1.39. The van der Waals surface area contributed by atoms with Crippen molar-refractivity contribution < 1.29 is 0 Å². The summed E-state index contributed by atoms with van der Waals surface area (Å²) < 4.78 is 2.25. The summed E-state index contributed by atoms with van der Waals surface area (Å²) in [6.07, 6.45) is 0. The Balaban J connectivity index is 2.23. The summed E-state index contributed by atoms with van der Waals surface area (Å²) in [5.74, 6) is 0. The number of nitrogen functional groups attached to an aromatic ring is 1. The zero-order valence-corrected chi connectivity index (χ0v) is 12.8. The predicted octanol–water partition coefficient (Wildman–Crippen LogP) is 4.79. The van der Waals surface area contributed by atoms with Gasteiger partial charge in [0.1, 0.15) is 0 Å². The Kier molecular flexibility index (Phi) is 4.16. The maximum atomic E-state index is 5.96. The van der Waals surface area contributed by atoms with Gasteiger partial charge in [0.2, 0.25) is 0 Å². The lowest BCUT2D eigenvalue weighted by atomic mass is 10.3. The second-order valence-corrected chi connectivity index (χ2v) is 6.51. The van der Waals surface area contributed by atoms with E-state index in [1.807, 2.05) is 18.2 Å². The Bertz CT molecular complexity index is 499. The molecule has 0 spiro atoms. The summed E-state index contributed by atoms with van der Waals surface area (Å²) >= 11 is 7.36. The lowest BCUT2D eigenvalue weighted by Gasteiger charge is -2.05. The molecule has 0 saturated carbocycles. The van der Waals surface area contributed by atoms with Gasteiger partial charge < -0.3 is 5.73 Å². The van der Waals surface area contributed by atoms with Gasteiger partial charge in [-0.15, -0.1) is 0 Å². The van der Waals surface area contributed by atoms with Gasteiger partial charge in [0.15, 0.2) is 0 Å². The maximum absolute atomic E-state index is 5.96. The first-order valence-electron chi connectivity index (χ1n) is 4.63. The van der Waals surface area contributed by atoms with Crippen LogP contribution in [0, 0.1) is 3.57 Å². The molecule has 2 rings (SSSR count). The number of nitrogens with two attached hydrogens (primary N) is 1. The maximum Gasteiger partial charge on any atom is 0.0466 e. The van der Waals surface area contributed by atoms with Crippen molar-refractivity contribution in [3.8, 4) is 0 Å². The lowest BCUT2D eigenvalue weighted by Crippen LogP contribution is -1.88. The normalized spacial score (nSPS) is 10.4. The number of halogens is 2. The number of hydrogen-bond acceptors (Lipinski definition) is 2. The summed E-state index contributed by atoms with van der Waals surface area (Å²) in [5, 5.41) is 0. The fraction of sp³-hybridized carbons (Fsp3) is 0. The van der Waals surface area contributed by atoms with Crippen LogP contribution in [0.25, 0.3) is 0 Å². The average Bonchev–Trinajstić information content (AvgIpc) is 2.25. The van der Waals surface area contributed by atoms with Gasteiger partial charge in [-0.2, -0.15) is 0 Å². The van der Waals surface area contributed by atoms with Gasteiger partial charge in [0, 0.05) is 23.5 Å². The largest absolute Gasteiger partial charge is 0.398 e. The summed E-state index contributed by atoms with van der Waals surface area (Å²) in [4.78, 5) is 2.29. The van der Waals surface area contributed by atoms with E-state index in [-0.39, 0.29) is 0 Å². The number of anilines is 1. The van der Waals surface area contributed by atoms with E-state index in [9.17, 15) is 0 Å². The van der Waals surface area contributed by atoms with Crippen molar-refractivity contribution in [2.45, 2.75) is 9.79 Å². The van der Waals surface area contributed by atoms with E-state index in [1.165, 1.54) is 4.90 Å². The molecule has 0 fully saturated rings. The molecule has 0 aliphatic rings. The first kappa shape index (κ1) is 12.3. The highest BCUT2D eigenvalue weighted by atomic mass is 127. The summed E-state index contributed by atoms with van der Waals surface area (Å²) in [6, 6.07) is 14.3. The quantitative estimate of drug-likeness (QED) is 0.574. The van der Waals surface area contributed by atoms with Crippen LogP contribution in [0.5, 0.6) is 0 Å². The van der Waals surface area contributed by atoms with Gasteiger partial charge >= 0.3 is 0 Å². The van der Waals surface area contributed by atoms with Crippen LogP contribution in [-0.2, 0) is 0 Å². The number of hydrogen-bond donors (Lipinski definition) is 1. The molecule has 2 aromatic carbocycles. The average molecular weight is 406 g/mol. The smallest absolute Gasteiger partial charge is 0.0466 e. The first-order chi connectivity index (χ1) is 7.65. The van der Waals surface area contributed by atoms with Crippen LogP contribution < -0.4 is 5.73 Å². The minimum Gasteiger partial charge on any atom is -0.398 e. The van der Waals surface area contributed by atoms with Crippen molar-refractivity contribution in [3.63, 3.8) is 0 Å². The van der Waals surface area contributed by atoms with E-state index >= 15 is 0 Å². The molecule has 0 heterocycles. The van der Waals surface area contributed by atoms with Crippen molar-refractivity contribution in [2.24, 2.45) is 0 Å². The third kappa shape index (κ3) is 3.15. The van der Waals surface area contributed by atoms with Crippen molar-refractivity contribution in [1.82, 2.24) is 0 Å². The third-order valence-electron chi connectivity index (χ3n) is 2.01. The molecule has 0 aliphatic carbocycles. The van der Waals surface area contributed by atoms with Crippen molar-refractivity contribution in [3.05, 3.63) is 50.5 Å². The summed E-state index contributed by atoms with van der Waals surface area (Å²) in [6.45, 7) is 0. The van der Waals surface area contributed by atoms with Gasteiger partial charge in [0.25, 0.3) is 0 Å². The molecule has 1 nitrogen and oxygen atoms in total. The summed E-state index contributed by atoms with van der Waals surface area (Å²) in [7, 11) is 0. The number of rotatable bonds is 2. The van der Waals surface area contributed by atoms with Crippen LogP contribution in [0.1, 0.15) is 0 Å². The SMILES string of the molecule is Nc1cc(I)ccc1Sc1ccc(Br)cc1. The van der Waals surface area contributed by atoms with Gasteiger partial charge in [-0.1, -0.05) is 27.7 Å². The highest BCUT2D eigenvalue weighted by Crippen LogP contribution is 2.33. The predicted molar refractivity (Wildman–Crippen MR) is 81.8 cm³/mol. The molecule has 0 bridgehead atoms. The second-order valence-electron chi connectivity index (χ2n) is 3.24. The minimum absolute atomic E-state index is 0.833. The number of benzene rings is 2. The molecule has 0 saturated heterocycles. The van der Waals surface area contributed by atoms with Crippen molar-refractivity contribution in [1.29, 1.82) is 0 Å². The highest BCUT2D eigenvalue weighted by Gasteiger charge is 2.02. The van der Waals surface area contributed by atoms with E-state index < -0.39 is 0 Å². The highest BCUT2D eigenvalue weighted by molar-refractivity contribution is 14.1. The summed E-state index contributed by atoms with van der Waals surface area (Å²) in [5.41, 5.74) is 6.80. The Hall–Kier alpha value is -0.200. The van der Waals surface area contributed by atoms with E-state index in [2.05, 4.69) is 62.8 Å². The molecule has 0 amide bonds. The molecule has 82 valence electrons. The van der Waals surface area contributed by atoms with Crippen LogP contribution in [0.3, 0.4) is 0 Å². The Morgan fingerprint density at radius 1 is 1.06 bits per heavy atom. The van der Waals surface area contributed by atoms with Gasteiger partial charge in [-0.05, 0) is 65.1 Å². The van der Waals surface area contributed by atoms with Crippen LogP contribution >= 0.6 is 50.3 Å². The Morgan fingerprint density at radius 3 is 2.38 bits per heavy atom. The molecule has 2 N–H and O–H groups in total. The molecule has 0 aromatic heterocycles. The van der Waals surface area contributed by atoms with Gasteiger partial charge in [-0.3, -0.25) is 0 Å². The van der Waals surface area contributed by atoms with Crippen LogP contribution in [0.4, 0.5) is 5.69 Å². The van der Waals surface area contributed by atoms with E-state index in [0.29, 0.717) is 0 Å². The molecule has 0 radical (unpaired) electrons. The Morgan fingerprint density at radius 2 is 1.75 bits per heavy atom. The van der Waals surface area contributed by atoms with Crippen LogP contribution in [0.15, 0.2) is 56.7 Å². The molecule has 0 atom stereocenters. The topological polar surface area (TPSA) is 26.0 Å². The van der Waals surface area contributed by atoms with Crippen molar-refractivity contribution in [2.75, 3.05) is 5.73 Å². The molecule has 4 heteroatoms. The van der Waals surface area contributed by atoms with Crippen LogP contribution in [0.2, 0.25) is 0 Å². The first-order valence-corrected chi connectivity index (χ1v) is 7.32. The molecule has 0 aliphatic heterocycles. The molecule has 16 heavy (non-hydrogen) atoms. The van der Waals surface area contributed by atoms with E-state index in [0.717, 1.165) is 18.6 Å². The molecular weight excluding hydrogens is 397 g/mol. The van der Waals surface area contributed by atoms with Gasteiger partial charge in [-0.25, -0.2) is 0 Å². The van der Waals surface area contributed by atoms with Crippen LogP contribution in [-0.4, -0.2) is 0 Å². The standard InChI is InChI=1S/C12H9BrINS/c13-8-1-4-10(5-2-8)16-12-6-3-9(14)7-11(12)15/h1-7H,15H2. The second kappa shape index (κ2) is 5.42. The Labute approximate surface area is 121 Å². The van der Waals surface area contributed by atoms with E-state index in [1.54, 1.807) is 11.8 Å². The van der Waals surface area contributed by atoms with Crippen molar-refractivity contribution >= 4 is 56.0 Å². The molecular formula is C12H9BrINS. The fourth-order valence-corrected chi connectivity index (χ4v) is 2.86. The monoisotopic (exact) mass is 405 g/mol. The van der Waals surface area contributed by atoms with E-state index in [4.69, 9.17) is 5.73 Å². The van der Waals surface area contributed by atoms with Gasteiger partial charge in [0.05, 0.1) is 0 Å². The third-order valence-corrected chi connectivity index (χ3v) is 4.31.